The Morgan fingerprint density at radius 2 is 1.97 bits per heavy atom. The van der Waals surface area contributed by atoms with Crippen molar-refractivity contribution in [1.29, 1.82) is 0 Å². The van der Waals surface area contributed by atoms with Gasteiger partial charge in [-0.2, -0.15) is 0 Å². The van der Waals surface area contributed by atoms with E-state index in [0.29, 0.717) is 19.6 Å². The molecule has 0 fully saturated rings. The highest BCUT2D eigenvalue weighted by Crippen LogP contribution is 2.39. The molecule has 2 aromatic carbocycles. The summed E-state index contributed by atoms with van der Waals surface area (Å²) >= 11 is 0. The van der Waals surface area contributed by atoms with Crippen molar-refractivity contribution < 1.29 is 19.4 Å². The zero-order valence-electron chi connectivity index (χ0n) is 22.9. The number of aryl methyl sites for hydroxylation is 2. The molecule has 2 aliphatic heterocycles. The second kappa shape index (κ2) is 10.6. The van der Waals surface area contributed by atoms with Crippen molar-refractivity contribution in [3.63, 3.8) is 0 Å². The summed E-state index contributed by atoms with van der Waals surface area (Å²) in [5, 5.41) is 21.6. The van der Waals surface area contributed by atoms with Gasteiger partial charge in [-0.25, -0.2) is 9.48 Å². The van der Waals surface area contributed by atoms with Gasteiger partial charge in [-0.05, 0) is 81.0 Å². The van der Waals surface area contributed by atoms with Gasteiger partial charge in [0.1, 0.15) is 5.60 Å². The molecule has 0 aliphatic carbocycles. The molecule has 0 saturated carbocycles. The van der Waals surface area contributed by atoms with Crippen molar-refractivity contribution in [2.75, 3.05) is 18.4 Å². The van der Waals surface area contributed by atoms with Gasteiger partial charge in [-0.15, -0.1) is 5.10 Å². The summed E-state index contributed by atoms with van der Waals surface area (Å²) in [7, 11) is 0. The highest BCUT2D eigenvalue weighted by atomic mass is 16.6. The van der Waals surface area contributed by atoms with Gasteiger partial charge in [0.15, 0.2) is 0 Å². The maximum Gasteiger partial charge on any atom is 0.410 e. The Morgan fingerprint density at radius 1 is 1.15 bits per heavy atom. The molecule has 9 nitrogen and oxygen atoms in total. The van der Waals surface area contributed by atoms with E-state index in [0.717, 1.165) is 52.2 Å². The van der Waals surface area contributed by atoms with Gasteiger partial charge >= 0.3 is 12.1 Å². The maximum absolute atomic E-state index is 12.5. The topological polar surface area (TPSA) is 110 Å². The quantitative estimate of drug-likeness (QED) is 0.452. The van der Waals surface area contributed by atoms with Crippen LogP contribution in [0.5, 0.6) is 0 Å². The molecule has 1 unspecified atom stereocenters. The van der Waals surface area contributed by atoms with E-state index >= 15 is 0 Å². The number of nitrogens with one attached hydrogen (secondary N) is 1. The van der Waals surface area contributed by atoms with Gasteiger partial charge < -0.3 is 20.1 Å². The number of aliphatic carboxylic acids is 1. The number of carboxylic acid groups (broad SMARTS) is 1. The maximum atomic E-state index is 12.5. The number of hydrogen-bond acceptors (Lipinski definition) is 6. The third kappa shape index (κ3) is 5.97. The molecule has 3 aromatic rings. The number of benzene rings is 2. The SMILES string of the molecule is Cc1nnn2c1-c1ccc(C3=CCN(C(=O)OC(C)(C)C)CC3)cc1C(Nc1cccc(CC(=O)O)c1)CC2. The fourth-order valence-electron chi connectivity index (χ4n) is 5.28. The van der Waals surface area contributed by atoms with Gasteiger partial charge in [0.2, 0.25) is 0 Å². The number of nitrogens with zero attached hydrogens (tertiary/aromatic N) is 4. The number of fused-ring (bicyclic) bond motifs is 3. The molecular weight excluding hydrogens is 494 g/mol. The molecule has 9 heteroatoms. The summed E-state index contributed by atoms with van der Waals surface area (Å²) < 4.78 is 7.51. The van der Waals surface area contributed by atoms with Crippen LogP contribution in [0.4, 0.5) is 10.5 Å². The molecule has 1 amide bonds. The van der Waals surface area contributed by atoms with E-state index in [2.05, 4.69) is 39.9 Å². The van der Waals surface area contributed by atoms with Crippen LogP contribution in [-0.4, -0.2) is 55.8 Å². The fourth-order valence-corrected chi connectivity index (χ4v) is 5.28. The van der Waals surface area contributed by atoms with Crippen molar-refractivity contribution >= 4 is 23.3 Å². The molecule has 2 aliphatic rings. The number of carboxylic acids is 1. The molecule has 1 atom stereocenters. The number of amides is 1. The summed E-state index contributed by atoms with van der Waals surface area (Å²) in [4.78, 5) is 25.5. The van der Waals surface area contributed by atoms with E-state index in [1.807, 2.05) is 56.6 Å². The summed E-state index contributed by atoms with van der Waals surface area (Å²) in [6, 6.07) is 14.1. The van der Waals surface area contributed by atoms with Crippen LogP contribution in [0.15, 0.2) is 48.5 Å². The minimum atomic E-state index is -0.851. The van der Waals surface area contributed by atoms with Crippen LogP contribution in [-0.2, 0) is 22.5 Å². The first-order valence-electron chi connectivity index (χ1n) is 13.4. The molecule has 39 heavy (non-hydrogen) atoms. The predicted molar refractivity (Wildman–Crippen MR) is 149 cm³/mol. The number of carbonyl (C=O) groups is 2. The minimum Gasteiger partial charge on any atom is -0.481 e. The van der Waals surface area contributed by atoms with Crippen LogP contribution in [0.3, 0.4) is 0 Å². The molecule has 0 saturated heterocycles. The van der Waals surface area contributed by atoms with Crippen LogP contribution in [0, 0.1) is 6.92 Å². The van der Waals surface area contributed by atoms with E-state index in [1.165, 1.54) is 5.57 Å². The van der Waals surface area contributed by atoms with E-state index in [9.17, 15) is 14.7 Å². The van der Waals surface area contributed by atoms with Crippen molar-refractivity contribution in [1.82, 2.24) is 19.9 Å². The van der Waals surface area contributed by atoms with Gasteiger partial charge in [-0.1, -0.05) is 35.6 Å². The summed E-state index contributed by atoms with van der Waals surface area (Å²) in [6.45, 7) is 9.43. The molecule has 0 bridgehead atoms. The van der Waals surface area contributed by atoms with Crippen molar-refractivity contribution in [2.45, 2.75) is 65.1 Å². The van der Waals surface area contributed by atoms with Crippen LogP contribution >= 0.6 is 0 Å². The first-order chi connectivity index (χ1) is 18.6. The molecule has 204 valence electrons. The number of carbonyl (C=O) groups excluding carboxylic acids is 1. The Balaban J connectivity index is 1.45. The number of ether oxygens (including phenoxy) is 1. The lowest BCUT2D eigenvalue weighted by atomic mass is 9.90. The lowest BCUT2D eigenvalue weighted by molar-refractivity contribution is -0.136. The standard InChI is InChI=1S/C30H35N5O4/c1-19-28-24-9-8-22(21-10-13-34(14-11-21)29(38)39-30(2,3)4)18-25(24)26(12-15-35(28)33-32-19)31-23-7-5-6-20(16-23)17-27(36)37/h5-10,16,18,26,31H,11-15,17H2,1-4H3,(H,36,37). The first-order valence-corrected chi connectivity index (χ1v) is 13.4. The first kappa shape index (κ1) is 26.5. The Bertz CT molecular complexity index is 1440. The zero-order valence-corrected chi connectivity index (χ0v) is 22.9. The third-order valence-electron chi connectivity index (χ3n) is 7.07. The number of anilines is 1. The Labute approximate surface area is 228 Å². The smallest absolute Gasteiger partial charge is 0.410 e. The zero-order chi connectivity index (χ0) is 27.7. The predicted octanol–water partition coefficient (Wildman–Crippen LogP) is 5.46. The van der Waals surface area contributed by atoms with Crippen LogP contribution in [0.1, 0.15) is 62.0 Å². The lowest BCUT2D eigenvalue weighted by Gasteiger charge is -2.30. The largest absolute Gasteiger partial charge is 0.481 e. The van der Waals surface area contributed by atoms with Crippen LogP contribution in [0.2, 0.25) is 0 Å². The normalized spacial score (nSPS) is 17.0. The van der Waals surface area contributed by atoms with Crippen molar-refractivity contribution in [3.05, 3.63) is 70.9 Å². The average molecular weight is 530 g/mol. The molecule has 1 aromatic heterocycles. The molecule has 5 rings (SSSR count). The second-order valence-electron chi connectivity index (χ2n) is 11.2. The second-order valence-corrected chi connectivity index (χ2v) is 11.2. The lowest BCUT2D eigenvalue weighted by Crippen LogP contribution is -2.39. The third-order valence-corrected chi connectivity index (χ3v) is 7.07. The monoisotopic (exact) mass is 529 g/mol. The van der Waals surface area contributed by atoms with E-state index in [-0.39, 0.29) is 18.6 Å². The molecule has 0 radical (unpaired) electrons. The Hall–Kier alpha value is -4.14. The Kier molecular flexibility index (Phi) is 7.16. The van der Waals surface area contributed by atoms with E-state index in [1.54, 1.807) is 4.90 Å². The van der Waals surface area contributed by atoms with Crippen molar-refractivity contribution in [3.8, 4) is 11.3 Å². The number of aromatic nitrogens is 3. The minimum absolute atomic E-state index is 0.0106. The number of rotatable bonds is 5. The molecule has 3 heterocycles. The highest BCUT2D eigenvalue weighted by molar-refractivity contribution is 5.76. The summed E-state index contributed by atoms with van der Waals surface area (Å²) in [5.41, 5.74) is 7.59. The highest BCUT2D eigenvalue weighted by Gasteiger charge is 2.28. The van der Waals surface area contributed by atoms with Gasteiger partial charge in [0.05, 0.1) is 23.9 Å². The molecule has 2 N–H and O–H groups in total. The van der Waals surface area contributed by atoms with Gasteiger partial charge in [0, 0.05) is 30.9 Å². The average Bonchev–Trinajstić information content (AvgIpc) is 3.17. The van der Waals surface area contributed by atoms with Gasteiger partial charge in [0.25, 0.3) is 0 Å². The van der Waals surface area contributed by atoms with Crippen LogP contribution < -0.4 is 5.32 Å². The van der Waals surface area contributed by atoms with Gasteiger partial charge in [-0.3, -0.25) is 4.79 Å². The number of hydrogen-bond donors (Lipinski definition) is 2. The Morgan fingerprint density at radius 3 is 2.69 bits per heavy atom. The van der Waals surface area contributed by atoms with Crippen molar-refractivity contribution in [2.24, 2.45) is 0 Å². The summed E-state index contributed by atoms with van der Waals surface area (Å²) in [5.74, 6) is -0.851. The van der Waals surface area contributed by atoms with Crippen LogP contribution in [0.25, 0.3) is 16.8 Å². The fraction of sp³-hybridized carbons (Fsp3) is 0.400. The van der Waals surface area contributed by atoms with E-state index < -0.39 is 11.6 Å². The summed E-state index contributed by atoms with van der Waals surface area (Å²) in [6.07, 6.45) is 3.34. The molecule has 0 spiro atoms. The van der Waals surface area contributed by atoms with E-state index in [4.69, 9.17) is 4.74 Å². The molecular formula is C30H35N5O4.